The van der Waals surface area contributed by atoms with Gasteiger partial charge in [-0.1, -0.05) is 24.3 Å². The molecule has 0 saturated carbocycles. The Morgan fingerprint density at radius 3 is 2.50 bits per heavy atom. The van der Waals surface area contributed by atoms with Gasteiger partial charge in [0.25, 0.3) is 0 Å². The Morgan fingerprint density at radius 2 is 1.88 bits per heavy atom. The van der Waals surface area contributed by atoms with Gasteiger partial charge in [-0.3, -0.25) is 0 Å². The number of aromatic nitrogens is 1. The van der Waals surface area contributed by atoms with Crippen molar-refractivity contribution in [2.45, 2.75) is 6.92 Å². The monoisotopic (exact) mass is 318 g/mol. The molecule has 0 unspecified atom stereocenters. The molecule has 2 aromatic carbocycles. The topological polar surface area (TPSA) is 86.2 Å². The maximum absolute atomic E-state index is 11.0. The molecule has 5 heteroatoms. The van der Waals surface area contributed by atoms with Crippen LogP contribution in [0.1, 0.15) is 21.5 Å². The Hall–Kier alpha value is -3.52. The van der Waals surface area contributed by atoms with Crippen molar-refractivity contribution < 1.29 is 15.0 Å². The maximum Gasteiger partial charge on any atom is 0.339 e. The lowest BCUT2D eigenvalue weighted by Gasteiger charge is -2.06. The van der Waals surface area contributed by atoms with Gasteiger partial charge < -0.3 is 14.8 Å². The van der Waals surface area contributed by atoms with Crippen LogP contribution in [-0.2, 0) is 0 Å². The van der Waals surface area contributed by atoms with Gasteiger partial charge in [-0.05, 0) is 30.2 Å². The van der Waals surface area contributed by atoms with Crippen LogP contribution in [0.25, 0.3) is 16.8 Å². The van der Waals surface area contributed by atoms with Crippen LogP contribution in [0.3, 0.4) is 0 Å². The first-order valence-corrected chi connectivity index (χ1v) is 7.26. The molecule has 24 heavy (non-hydrogen) atoms. The summed E-state index contributed by atoms with van der Waals surface area (Å²) in [6.45, 7) is 1.97. The van der Waals surface area contributed by atoms with Gasteiger partial charge in [0, 0.05) is 29.7 Å². The van der Waals surface area contributed by atoms with Gasteiger partial charge >= 0.3 is 5.97 Å². The second-order valence-electron chi connectivity index (χ2n) is 5.43. The highest BCUT2D eigenvalue weighted by Crippen LogP contribution is 2.30. The van der Waals surface area contributed by atoms with Crippen molar-refractivity contribution in [3.05, 3.63) is 71.5 Å². The first-order valence-electron chi connectivity index (χ1n) is 7.26. The third kappa shape index (κ3) is 2.61. The van der Waals surface area contributed by atoms with E-state index in [9.17, 15) is 15.2 Å². The van der Waals surface area contributed by atoms with E-state index in [-0.39, 0.29) is 11.3 Å². The summed E-state index contributed by atoms with van der Waals surface area (Å²) in [5, 5.41) is 28.3. The molecule has 0 atom stereocenters. The second-order valence-corrected chi connectivity index (χ2v) is 5.43. The van der Waals surface area contributed by atoms with E-state index in [1.54, 1.807) is 23.0 Å². The van der Waals surface area contributed by atoms with E-state index in [2.05, 4.69) is 6.07 Å². The van der Waals surface area contributed by atoms with Gasteiger partial charge in [-0.2, -0.15) is 5.26 Å². The summed E-state index contributed by atoms with van der Waals surface area (Å²) in [4.78, 5) is 11.0. The molecule has 2 N–H and O–H groups in total. The molecular formula is C19H14N2O3. The molecule has 0 radical (unpaired) electrons. The quantitative estimate of drug-likeness (QED) is 0.770. The minimum absolute atomic E-state index is 0.162. The zero-order valence-corrected chi connectivity index (χ0v) is 12.9. The molecule has 3 rings (SSSR count). The van der Waals surface area contributed by atoms with Crippen LogP contribution in [0.4, 0.5) is 0 Å². The van der Waals surface area contributed by atoms with E-state index in [4.69, 9.17) is 5.11 Å². The number of aromatic hydroxyl groups is 1. The van der Waals surface area contributed by atoms with Gasteiger partial charge in [0.15, 0.2) is 0 Å². The molecule has 0 bridgehead atoms. The molecule has 0 saturated heterocycles. The third-order valence-electron chi connectivity index (χ3n) is 3.89. The lowest BCUT2D eigenvalue weighted by molar-refractivity contribution is 0.0694. The molecule has 0 fully saturated rings. The Kier molecular flexibility index (Phi) is 3.80. The van der Waals surface area contributed by atoms with Crippen LogP contribution >= 0.6 is 0 Å². The van der Waals surface area contributed by atoms with E-state index < -0.39 is 5.97 Å². The zero-order chi connectivity index (χ0) is 17.3. The normalized spacial score (nSPS) is 10.3. The van der Waals surface area contributed by atoms with Gasteiger partial charge in [-0.25, -0.2) is 4.79 Å². The molecule has 118 valence electrons. The Bertz CT molecular complexity index is 981. The highest BCUT2D eigenvalue weighted by atomic mass is 16.4. The van der Waals surface area contributed by atoms with Crippen molar-refractivity contribution in [3.63, 3.8) is 0 Å². The van der Waals surface area contributed by atoms with Crippen molar-refractivity contribution in [2.24, 2.45) is 0 Å². The summed E-state index contributed by atoms with van der Waals surface area (Å²) in [5.41, 5.74) is 3.72. The summed E-state index contributed by atoms with van der Waals surface area (Å²) >= 11 is 0. The average molecular weight is 318 g/mol. The number of phenols is 1. The predicted molar refractivity (Wildman–Crippen MR) is 89.3 cm³/mol. The number of carbonyl (C=O) groups is 1. The standard InChI is InChI=1S/C19H14N2O3/c1-12-4-2-3-5-15(12)17-11-21(10-13(17)9-20)14-6-7-16(19(23)24)18(22)8-14/h2-8,10-11,22H,1H3,(H,23,24). The molecule has 1 aromatic heterocycles. The van der Waals surface area contributed by atoms with Crippen LogP contribution < -0.4 is 0 Å². The minimum Gasteiger partial charge on any atom is -0.507 e. The highest BCUT2D eigenvalue weighted by Gasteiger charge is 2.14. The predicted octanol–water partition coefficient (Wildman–Crippen LogP) is 3.73. The van der Waals surface area contributed by atoms with Crippen LogP contribution in [-0.4, -0.2) is 20.7 Å². The molecular weight excluding hydrogens is 304 g/mol. The van der Waals surface area contributed by atoms with Gasteiger partial charge in [0.2, 0.25) is 0 Å². The highest BCUT2D eigenvalue weighted by molar-refractivity contribution is 5.91. The van der Waals surface area contributed by atoms with Crippen LogP contribution in [0, 0.1) is 18.3 Å². The summed E-state index contributed by atoms with van der Waals surface area (Å²) in [6, 6.07) is 14.2. The number of nitriles is 1. The lowest BCUT2D eigenvalue weighted by Crippen LogP contribution is -1.98. The molecule has 0 aliphatic carbocycles. The van der Waals surface area contributed by atoms with Crippen LogP contribution in [0.15, 0.2) is 54.9 Å². The van der Waals surface area contributed by atoms with Crippen molar-refractivity contribution in [2.75, 3.05) is 0 Å². The van der Waals surface area contributed by atoms with E-state index >= 15 is 0 Å². The van der Waals surface area contributed by atoms with Crippen molar-refractivity contribution in [1.82, 2.24) is 4.57 Å². The fourth-order valence-corrected chi connectivity index (χ4v) is 2.64. The van der Waals surface area contributed by atoms with Crippen molar-refractivity contribution >= 4 is 5.97 Å². The molecule has 0 aliphatic rings. The largest absolute Gasteiger partial charge is 0.507 e. The Labute approximate surface area is 138 Å². The molecule has 0 aliphatic heterocycles. The van der Waals surface area contributed by atoms with E-state index in [1.807, 2.05) is 31.2 Å². The zero-order valence-electron chi connectivity index (χ0n) is 12.9. The number of hydrogen-bond donors (Lipinski definition) is 2. The summed E-state index contributed by atoms with van der Waals surface area (Å²) in [6.07, 6.45) is 3.47. The first kappa shape index (κ1) is 15.4. The summed E-state index contributed by atoms with van der Waals surface area (Å²) < 4.78 is 1.70. The number of rotatable bonds is 3. The number of benzene rings is 2. The number of carboxylic acid groups (broad SMARTS) is 1. The molecule has 0 amide bonds. The Morgan fingerprint density at radius 1 is 1.12 bits per heavy atom. The first-order chi connectivity index (χ1) is 11.5. The summed E-state index contributed by atoms with van der Waals surface area (Å²) in [5.74, 6) is -1.51. The molecule has 3 aromatic rings. The van der Waals surface area contributed by atoms with Crippen LogP contribution in [0.2, 0.25) is 0 Å². The summed E-state index contributed by atoms with van der Waals surface area (Å²) in [7, 11) is 0. The Balaban J connectivity index is 2.12. The molecule has 5 nitrogen and oxygen atoms in total. The SMILES string of the molecule is Cc1ccccc1-c1cn(-c2ccc(C(=O)O)c(O)c2)cc1C#N. The van der Waals surface area contributed by atoms with E-state index in [1.165, 1.54) is 12.1 Å². The molecule has 1 heterocycles. The third-order valence-corrected chi connectivity index (χ3v) is 3.89. The van der Waals surface area contributed by atoms with Gasteiger partial charge in [-0.15, -0.1) is 0 Å². The lowest BCUT2D eigenvalue weighted by atomic mass is 10.0. The van der Waals surface area contributed by atoms with E-state index in [0.29, 0.717) is 11.3 Å². The van der Waals surface area contributed by atoms with Crippen molar-refractivity contribution in [1.29, 1.82) is 5.26 Å². The average Bonchev–Trinajstić information content (AvgIpc) is 2.99. The molecule has 0 spiro atoms. The number of aryl methyl sites for hydroxylation is 1. The van der Waals surface area contributed by atoms with E-state index in [0.717, 1.165) is 16.7 Å². The fourth-order valence-electron chi connectivity index (χ4n) is 2.64. The second kappa shape index (κ2) is 5.94. The fraction of sp³-hybridized carbons (Fsp3) is 0.0526. The van der Waals surface area contributed by atoms with Gasteiger partial charge in [0.1, 0.15) is 17.4 Å². The number of aromatic carboxylic acids is 1. The number of nitrogens with zero attached hydrogens (tertiary/aromatic N) is 2. The van der Waals surface area contributed by atoms with Crippen molar-refractivity contribution in [3.8, 4) is 28.6 Å². The van der Waals surface area contributed by atoms with Crippen LogP contribution in [0.5, 0.6) is 5.75 Å². The van der Waals surface area contributed by atoms with Gasteiger partial charge in [0.05, 0.1) is 5.56 Å². The maximum atomic E-state index is 11.0. The smallest absolute Gasteiger partial charge is 0.339 e. The number of carboxylic acids is 1. The number of hydrogen-bond acceptors (Lipinski definition) is 3. The minimum atomic E-state index is -1.19.